The van der Waals surface area contributed by atoms with Gasteiger partial charge in [-0.25, -0.2) is 0 Å². The Morgan fingerprint density at radius 3 is 2.56 bits per heavy atom. The molecule has 1 nitrogen and oxygen atoms in total. The predicted octanol–water partition coefficient (Wildman–Crippen LogP) is 3.71. The standard InChI is InChI=1S/C17H19N/c1-13-11-15-9-5-6-10-16(15)17(13)18-12-14-7-3-2-4-8-14/h2-10,13,17-18H,11-12H2,1H3/t13-,17-/m0/s1. The molecular formula is C17H19N. The van der Waals surface area contributed by atoms with Gasteiger partial charge in [0.25, 0.3) is 0 Å². The molecule has 0 aliphatic heterocycles. The fraction of sp³-hybridized carbons (Fsp3) is 0.294. The topological polar surface area (TPSA) is 12.0 Å². The van der Waals surface area contributed by atoms with Crippen LogP contribution in [0.5, 0.6) is 0 Å². The van der Waals surface area contributed by atoms with Crippen molar-refractivity contribution >= 4 is 0 Å². The summed E-state index contributed by atoms with van der Waals surface area (Å²) < 4.78 is 0. The highest BCUT2D eigenvalue weighted by molar-refractivity contribution is 5.35. The molecule has 2 aromatic rings. The largest absolute Gasteiger partial charge is 0.306 e. The third-order valence-electron chi connectivity index (χ3n) is 3.87. The van der Waals surface area contributed by atoms with Gasteiger partial charge in [0.2, 0.25) is 0 Å². The van der Waals surface area contributed by atoms with Crippen molar-refractivity contribution in [1.29, 1.82) is 0 Å². The maximum Gasteiger partial charge on any atom is 0.0354 e. The number of hydrogen-bond acceptors (Lipinski definition) is 1. The molecule has 0 radical (unpaired) electrons. The van der Waals surface area contributed by atoms with Gasteiger partial charge in [-0.1, -0.05) is 61.5 Å². The van der Waals surface area contributed by atoms with Crippen molar-refractivity contribution in [3.63, 3.8) is 0 Å². The van der Waals surface area contributed by atoms with Crippen molar-refractivity contribution in [2.24, 2.45) is 5.92 Å². The van der Waals surface area contributed by atoms with Crippen molar-refractivity contribution in [2.75, 3.05) is 0 Å². The summed E-state index contributed by atoms with van der Waals surface area (Å²) in [6.07, 6.45) is 1.20. The van der Waals surface area contributed by atoms with Crippen LogP contribution in [0.1, 0.15) is 29.7 Å². The molecule has 0 spiro atoms. The van der Waals surface area contributed by atoms with Gasteiger partial charge >= 0.3 is 0 Å². The molecule has 1 aliphatic carbocycles. The summed E-state index contributed by atoms with van der Waals surface area (Å²) in [6, 6.07) is 19.9. The summed E-state index contributed by atoms with van der Waals surface area (Å²) in [5.41, 5.74) is 4.35. The van der Waals surface area contributed by atoms with E-state index in [1.54, 1.807) is 0 Å². The van der Waals surface area contributed by atoms with Crippen LogP contribution in [0.3, 0.4) is 0 Å². The Labute approximate surface area is 109 Å². The van der Waals surface area contributed by atoms with Crippen molar-refractivity contribution in [1.82, 2.24) is 5.32 Å². The van der Waals surface area contributed by atoms with Crippen LogP contribution in [0.2, 0.25) is 0 Å². The van der Waals surface area contributed by atoms with Crippen LogP contribution < -0.4 is 5.32 Å². The lowest BCUT2D eigenvalue weighted by Crippen LogP contribution is -2.23. The first kappa shape index (κ1) is 11.5. The maximum atomic E-state index is 3.70. The van der Waals surface area contributed by atoms with Crippen LogP contribution in [0.25, 0.3) is 0 Å². The second kappa shape index (κ2) is 4.95. The van der Waals surface area contributed by atoms with E-state index in [0.717, 1.165) is 6.54 Å². The van der Waals surface area contributed by atoms with Gasteiger partial charge in [0.05, 0.1) is 0 Å². The highest BCUT2D eigenvalue weighted by Gasteiger charge is 2.28. The lowest BCUT2D eigenvalue weighted by Gasteiger charge is -2.18. The van der Waals surface area contributed by atoms with Gasteiger partial charge in [-0.3, -0.25) is 0 Å². The summed E-state index contributed by atoms with van der Waals surface area (Å²) in [7, 11) is 0. The van der Waals surface area contributed by atoms with E-state index < -0.39 is 0 Å². The van der Waals surface area contributed by atoms with E-state index >= 15 is 0 Å². The Balaban J connectivity index is 1.74. The number of hydrogen-bond donors (Lipinski definition) is 1. The molecule has 1 heteroatoms. The third kappa shape index (κ3) is 2.19. The molecule has 0 unspecified atom stereocenters. The minimum atomic E-state index is 0.501. The van der Waals surface area contributed by atoms with E-state index in [1.807, 2.05) is 0 Å². The second-order valence-electron chi connectivity index (χ2n) is 5.22. The van der Waals surface area contributed by atoms with Crippen LogP contribution >= 0.6 is 0 Å². The van der Waals surface area contributed by atoms with E-state index in [0.29, 0.717) is 12.0 Å². The molecule has 0 bridgehead atoms. The van der Waals surface area contributed by atoms with Gasteiger partial charge in [0.1, 0.15) is 0 Å². The van der Waals surface area contributed by atoms with E-state index in [2.05, 4.69) is 66.8 Å². The molecule has 0 heterocycles. The molecule has 18 heavy (non-hydrogen) atoms. The average molecular weight is 237 g/mol. The van der Waals surface area contributed by atoms with E-state index in [1.165, 1.54) is 23.1 Å². The Hall–Kier alpha value is -1.60. The van der Waals surface area contributed by atoms with Crippen LogP contribution in [0.4, 0.5) is 0 Å². The van der Waals surface area contributed by atoms with Gasteiger partial charge in [0.15, 0.2) is 0 Å². The first-order valence-corrected chi connectivity index (χ1v) is 6.69. The first-order valence-electron chi connectivity index (χ1n) is 6.69. The third-order valence-corrected chi connectivity index (χ3v) is 3.87. The van der Waals surface area contributed by atoms with E-state index in [-0.39, 0.29) is 0 Å². The zero-order chi connectivity index (χ0) is 12.4. The molecule has 3 rings (SSSR count). The second-order valence-corrected chi connectivity index (χ2v) is 5.22. The van der Waals surface area contributed by atoms with Crippen molar-refractivity contribution in [2.45, 2.75) is 25.9 Å². The minimum absolute atomic E-state index is 0.501. The predicted molar refractivity (Wildman–Crippen MR) is 75.3 cm³/mol. The van der Waals surface area contributed by atoms with Crippen LogP contribution in [-0.4, -0.2) is 0 Å². The lowest BCUT2D eigenvalue weighted by molar-refractivity contribution is 0.415. The first-order chi connectivity index (χ1) is 8.84. The van der Waals surface area contributed by atoms with E-state index in [9.17, 15) is 0 Å². The zero-order valence-corrected chi connectivity index (χ0v) is 10.8. The number of nitrogens with one attached hydrogen (secondary N) is 1. The fourth-order valence-electron chi connectivity index (χ4n) is 2.93. The van der Waals surface area contributed by atoms with E-state index in [4.69, 9.17) is 0 Å². The minimum Gasteiger partial charge on any atom is -0.306 e. The van der Waals surface area contributed by atoms with Gasteiger partial charge < -0.3 is 5.32 Å². The molecule has 0 aromatic heterocycles. The van der Waals surface area contributed by atoms with Crippen molar-refractivity contribution in [3.05, 3.63) is 71.3 Å². The summed E-state index contributed by atoms with van der Waals surface area (Å²) in [5, 5.41) is 3.70. The fourth-order valence-corrected chi connectivity index (χ4v) is 2.93. The normalized spacial score (nSPS) is 21.8. The summed E-state index contributed by atoms with van der Waals surface area (Å²) in [5.74, 6) is 0.686. The van der Waals surface area contributed by atoms with Crippen LogP contribution in [0.15, 0.2) is 54.6 Å². The molecule has 0 saturated heterocycles. The quantitative estimate of drug-likeness (QED) is 0.858. The van der Waals surface area contributed by atoms with Gasteiger partial charge in [-0.15, -0.1) is 0 Å². The molecule has 0 amide bonds. The molecule has 92 valence electrons. The maximum absolute atomic E-state index is 3.70. The SMILES string of the molecule is C[C@H]1Cc2ccccc2[C@H]1NCc1ccccc1. The van der Waals surface area contributed by atoms with Crippen LogP contribution in [0, 0.1) is 5.92 Å². The average Bonchev–Trinajstić information content (AvgIpc) is 2.73. The zero-order valence-electron chi connectivity index (χ0n) is 10.8. The smallest absolute Gasteiger partial charge is 0.0354 e. The van der Waals surface area contributed by atoms with Crippen molar-refractivity contribution < 1.29 is 0 Å². The lowest BCUT2D eigenvalue weighted by atomic mass is 10.0. The molecule has 1 aliphatic rings. The number of benzene rings is 2. The molecule has 0 saturated carbocycles. The molecule has 2 aromatic carbocycles. The Bertz CT molecular complexity index is 518. The molecule has 1 N–H and O–H groups in total. The van der Waals surface area contributed by atoms with Crippen molar-refractivity contribution in [3.8, 4) is 0 Å². The highest BCUT2D eigenvalue weighted by atomic mass is 14.9. The molecule has 0 fully saturated rings. The Morgan fingerprint density at radius 1 is 1.00 bits per heavy atom. The van der Waals surface area contributed by atoms with Gasteiger partial charge in [-0.05, 0) is 29.0 Å². The summed E-state index contributed by atoms with van der Waals surface area (Å²) in [6.45, 7) is 3.28. The van der Waals surface area contributed by atoms with Crippen LogP contribution in [-0.2, 0) is 13.0 Å². The van der Waals surface area contributed by atoms with Gasteiger partial charge in [-0.2, -0.15) is 0 Å². The highest BCUT2D eigenvalue weighted by Crippen LogP contribution is 2.35. The monoisotopic (exact) mass is 237 g/mol. The van der Waals surface area contributed by atoms with Gasteiger partial charge in [0, 0.05) is 12.6 Å². The molecule has 2 atom stereocenters. The Morgan fingerprint density at radius 2 is 1.72 bits per heavy atom. The summed E-state index contributed by atoms with van der Waals surface area (Å²) >= 11 is 0. The summed E-state index contributed by atoms with van der Waals surface area (Å²) in [4.78, 5) is 0. The number of fused-ring (bicyclic) bond motifs is 1. The molecular weight excluding hydrogens is 218 g/mol. The Kier molecular flexibility index (Phi) is 3.16. The number of rotatable bonds is 3.